The zero-order chi connectivity index (χ0) is 27.4. The molecule has 0 bridgehead atoms. The van der Waals surface area contributed by atoms with Gasteiger partial charge in [0.15, 0.2) is 0 Å². The Kier molecular flexibility index (Phi) is 10.9. The van der Waals surface area contributed by atoms with Gasteiger partial charge in [0.2, 0.25) is 0 Å². The first-order valence-electron chi connectivity index (χ1n) is 13.6. The van der Waals surface area contributed by atoms with E-state index in [1.165, 1.54) is 0 Å². The van der Waals surface area contributed by atoms with E-state index in [2.05, 4.69) is 64.5 Å². The summed E-state index contributed by atoms with van der Waals surface area (Å²) in [6.07, 6.45) is -1.60. The lowest BCUT2D eigenvalue weighted by atomic mass is 9.99. The van der Waals surface area contributed by atoms with Crippen LogP contribution < -0.4 is 0 Å². The minimum absolute atomic E-state index is 0.354. The molecular weight excluding hydrogens is 568 g/mol. The van der Waals surface area contributed by atoms with E-state index in [9.17, 15) is 0 Å². The van der Waals surface area contributed by atoms with Gasteiger partial charge in [-0.1, -0.05) is 137 Å². The van der Waals surface area contributed by atoms with Crippen LogP contribution in [0.25, 0.3) is 0 Å². The summed E-state index contributed by atoms with van der Waals surface area (Å²) >= 11 is 3.76. The Morgan fingerprint density at radius 3 is 1.30 bits per heavy atom. The van der Waals surface area contributed by atoms with Crippen molar-refractivity contribution < 1.29 is 23.7 Å². The van der Waals surface area contributed by atoms with E-state index in [1.807, 2.05) is 72.8 Å². The maximum absolute atomic E-state index is 6.62. The van der Waals surface area contributed by atoms with Crippen LogP contribution in [0.2, 0.25) is 0 Å². The second-order valence-corrected chi connectivity index (χ2v) is 10.7. The zero-order valence-electron chi connectivity index (χ0n) is 22.4. The largest absolute Gasteiger partial charge is 0.374 e. The van der Waals surface area contributed by atoms with E-state index in [1.54, 1.807) is 0 Å². The number of halogens is 1. The Morgan fingerprint density at radius 2 is 0.850 bits per heavy atom. The molecular formula is C34H35BrO5. The third-order valence-electron chi connectivity index (χ3n) is 6.83. The molecule has 0 radical (unpaired) electrons. The van der Waals surface area contributed by atoms with E-state index in [-0.39, 0.29) is 6.10 Å². The SMILES string of the molecule is Br[C@@H]1O[C@H](COCc2ccccc2)[C@H](OCc2ccccc2)[C@H](OCc2ccccc2)[C@H]1OCc1ccccc1. The van der Waals surface area contributed by atoms with E-state index < -0.39 is 23.3 Å². The van der Waals surface area contributed by atoms with Crippen molar-refractivity contribution in [1.29, 1.82) is 0 Å². The van der Waals surface area contributed by atoms with Crippen molar-refractivity contribution in [2.45, 2.75) is 55.9 Å². The van der Waals surface area contributed by atoms with E-state index in [0.717, 1.165) is 22.3 Å². The summed E-state index contributed by atoms with van der Waals surface area (Å²) in [5.41, 5.74) is 4.35. The fourth-order valence-corrected chi connectivity index (χ4v) is 5.46. The van der Waals surface area contributed by atoms with Crippen LogP contribution in [-0.4, -0.2) is 36.0 Å². The molecule has 0 aromatic heterocycles. The van der Waals surface area contributed by atoms with Gasteiger partial charge in [-0.25, -0.2) is 0 Å². The van der Waals surface area contributed by atoms with Crippen molar-refractivity contribution in [3.8, 4) is 0 Å². The summed E-state index contributed by atoms with van der Waals surface area (Å²) in [5, 5.41) is -0.404. The van der Waals surface area contributed by atoms with Crippen molar-refractivity contribution in [3.05, 3.63) is 144 Å². The van der Waals surface area contributed by atoms with Gasteiger partial charge in [0, 0.05) is 0 Å². The van der Waals surface area contributed by atoms with Crippen molar-refractivity contribution in [2.75, 3.05) is 6.61 Å². The van der Waals surface area contributed by atoms with Gasteiger partial charge >= 0.3 is 0 Å². The first-order valence-corrected chi connectivity index (χ1v) is 14.6. The molecule has 1 saturated heterocycles. The molecule has 1 fully saturated rings. The summed E-state index contributed by atoms with van der Waals surface area (Å²) in [7, 11) is 0. The van der Waals surface area contributed by atoms with Crippen LogP contribution in [0.4, 0.5) is 0 Å². The average molecular weight is 604 g/mol. The minimum Gasteiger partial charge on any atom is -0.374 e. The molecule has 4 aromatic carbocycles. The first kappa shape index (κ1) is 28.7. The topological polar surface area (TPSA) is 46.2 Å². The maximum Gasteiger partial charge on any atom is 0.141 e. The van der Waals surface area contributed by atoms with Crippen molar-refractivity contribution in [2.24, 2.45) is 0 Å². The lowest BCUT2D eigenvalue weighted by Crippen LogP contribution is -2.59. The summed E-state index contributed by atoms with van der Waals surface area (Å²) in [6.45, 7) is 2.13. The number of ether oxygens (including phenoxy) is 5. The summed E-state index contributed by atoms with van der Waals surface area (Å²) in [4.78, 5) is 0. The molecule has 5 rings (SSSR count). The number of alkyl halides is 1. The Hall–Kier alpha value is -2.84. The van der Waals surface area contributed by atoms with Crippen LogP contribution in [0, 0.1) is 0 Å². The first-order chi connectivity index (χ1) is 19.8. The van der Waals surface area contributed by atoms with Crippen LogP contribution in [0.5, 0.6) is 0 Å². The molecule has 5 nitrogen and oxygen atoms in total. The Labute approximate surface area is 245 Å². The lowest BCUT2D eigenvalue weighted by molar-refractivity contribution is -0.253. The molecule has 6 heteroatoms. The van der Waals surface area contributed by atoms with Gasteiger partial charge in [-0.2, -0.15) is 0 Å². The predicted molar refractivity (Wildman–Crippen MR) is 159 cm³/mol. The lowest BCUT2D eigenvalue weighted by Gasteiger charge is -2.44. The van der Waals surface area contributed by atoms with Gasteiger partial charge in [0.05, 0.1) is 33.0 Å². The maximum atomic E-state index is 6.62. The third-order valence-corrected chi connectivity index (χ3v) is 7.56. The molecule has 0 aliphatic carbocycles. The predicted octanol–water partition coefficient (Wildman–Crippen LogP) is 7.08. The second-order valence-electron chi connectivity index (χ2n) is 9.81. The molecule has 1 heterocycles. The van der Waals surface area contributed by atoms with Gasteiger partial charge in [-0.05, 0) is 22.3 Å². The van der Waals surface area contributed by atoms with Gasteiger partial charge in [-0.3, -0.25) is 0 Å². The highest BCUT2D eigenvalue weighted by Crippen LogP contribution is 2.33. The summed E-state index contributed by atoms with van der Waals surface area (Å²) in [5.74, 6) is 0. The van der Waals surface area contributed by atoms with Crippen LogP contribution in [0.3, 0.4) is 0 Å². The number of rotatable bonds is 13. The summed E-state index contributed by atoms with van der Waals surface area (Å²) in [6, 6.07) is 40.6. The van der Waals surface area contributed by atoms with Crippen molar-refractivity contribution in [1.82, 2.24) is 0 Å². The molecule has 5 atom stereocenters. The fraction of sp³-hybridized carbons (Fsp3) is 0.294. The molecule has 1 aliphatic heterocycles. The molecule has 1 aliphatic rings. The molecule has 4 aromatic rings. The highest BCUT2D eigenvalue weighted by Gasteiger charge is 2.47. The van der Waals surface area contributed by atoms with E-state index in [4.69, 9.17) is 23.7 Å². The normalized spacial score (nSPS) is 22.7. The quantitative estimate of drug-likeness (QED) is 0.153. The highest BCUT2D eigenvalue weighted by molar-refractivity contribution is 9.09. The number of benzene rings is 4. The second kappa shape index (κ2) is 15.2. The molecule has 0 spiro atoms. The molecule has 40 heavy (non-hydrogen) atoms. The van der Waals surface area contributed by atoms with Crippen LogP contribution in [0.15, 0.2) is 121 Å². The monoisotopic (exact) mass is 602 g/mol. The van der Waals surface area contributed by atoms with E-state index in [0.29, 0.717) is 33.0 Å². The Morgan fingerprint density at radius 1 is 0.475 bits per heavy atom. The number of hydrogen-bond acceptors (Lipinski definition) is 5. The molecule has 208 valence electrons. The molecule has 0 saturated carbocycles. The van der Waals surface area contributed by atoms with Gasteiger partial charge in [0.1, 0.15) is 29.4 Å². The zero-order valence-corrected chi connectivity index (χ0v) is 24.0. The molecule has 0 unspecified atom stereocenters. The van der Waals surface area contributed by atoms with Crippen molar-refractivity contribution >= 4 is 15.9 Å². The Bertz CT molecular complexity index is 1240. The van der Waals surface area contributed by atoms with Gasteiger partial charge < -0.3 is 23.7 Å². The number of hydrogen-bond donors (Lipinski definition) is 0. The van der Waals surface area contributed by atoms with Gasteiger partial charge in [-0.15, -0.1) is 0 Å². The molecule has 0 amide bonds. The minimum atomic E-state index is -0.422. The summed E-state index contributed by atoms with van der Waals surface area (Å²) < 4.78 is 32.3. The van der Waals surface area contributed by atoms with Crippen LogP contribution in [0.1, 0.15) is 22.3 Å². The van der Waals surface area contributed by atoms with E-state index >= 15 is 0 Å². The highest BCUT2D eigenvalue weighted by atomic mass is 79.9. The smallest absolute Gasteiger partial charge is 0.141 e. The molecule has 0 N–H and O–H groups in total. The third kappa shape index (κ3) is 8.33. The average Bonchev–Trinajstić information content (AvgIpc) is 3.01. The van der Waals surface area contributed by atoms with Crippen LogP contribution >= 0.6 is 15.9 Å². The van der Waals surface area contributed by atoms with Crippen LogP contribution in [-0.2, 0) is 50.1 Å². The Balaban J connectivity index is 1.36. The standard InChI is InChI=1S/C34H35BrO5/c35-34-33(39-24-29-19-11-4-12-20-29)32(38-23-28-17-9-3-10-18-28)31(37-22-27-15-7-2-8-16-27)30(40-34)25-36-21-26-13-5-1-6-14-26/h1-20,30-34H,21-25H2/t30-,31+,32+,33-,34-/m1/s1. The fourth-order valence-electron chi connectivity index (χ4n) is 4.73. The van der Waals surface area contributed by atoms with Crippen molar-refractivity contribution in [3.63, 3.8) is 0 Å². The van der Waals surface area contributed by atoms with Gasteiger partial charge in [0.25, 0.3) is 0 Å².